The van der Waals surface area contributed by atoms with Crippen LogP contribution in [-0.2, 0) is 6.54 Å². The molecule has 1 N–H and O–H groups in total. The molecule has 24 heavy (non-hydrogen) atoms. The number of aromatic nitrogens is 3. The molecule has 0 bridgehead atoms. The first-order valence-corrected chi connectivity index (χ1v) is 6.98. The molecule has 2 aromatic heterocycles. The molecular formula is C16H12F3N3O2. The van der Waals surface area contributed by atoms with E-state index in [1.54, 1.807) is 18.3 Å². The van der Waals surface area contributed by atoms with E-state index in [0.717, 1.165) is 10.2 Å². The van der Waals surface area contributed by atoms with Crippen LogP contribution in [0.4, 0.5) is 13.2 Å². The molecular weight excluding hydrogens is 323 g/mol. The Bertz CT molecular complexity index is 915. The molecule has 0 aliphatic heterocycles. The van der Waals surface area contributed by atoms with Gasteiger partial charge in [-0.15, -0.1) is 0 Å². The Kier molecular flexibility index (Phi) is 3.75. The number of alkyl halides is 3. The van der Waals surface area contributed by atoms with Crippen LogP contribution < -0.4 is 0 Å². The maximum absolute atomic E-state index is 12.8. The van der Waals surface area contributed by atoms with Gasteiger partial charge >= 0.3 is 12.1 Å². The van der Waals surface area contributed by atoms with Gasteiger partial charge in [-0.25, -0.2) is 4.79 Å². The van der Waals surface area contributed by atoms with Crippen LogP contribution >= 0.6 is 0 Å². The summed E-state index contributed by atoms with van der Waals surface area (Å²) in [6.45, 7) is 0.536. The average molecular weight is 335 g/mol. The maximum atomic E-state index is 12.8. The molecule has 0 aliphatic carbocycles. The zero-order valence-corrected chi connectivity index (χ0v) is 12.5. The van der Waals surface area contributed by atoms with Crippen molar-refractivity contribution in [1.29, 1.82) is 0 Å². The number of carboxylic acid groups (broad SMARTS) is 1. The van der Waals surface area contributed by atoms with E-state index in [0.29, 0.717) is 11.1 Å². The third kappa shape index (κ3) is 3.08. The van der Waals surface area contributed by atoms with Gasteiger partial charge in [-0.2, -0.15) is 18.3 Å². The van der Waals surface area contributed by atoms with Crippen molar-refractivity contribution >= 4 is 16.9 Å². The fraction of sp³-hybridized carbons (Fsp3) is 0.188. The van der Waals surface area contributed by atoms with E-state index in [4.69, 9.17) is 5.11 Å². The molecule has 124 valence electrons. The zero-order valence-electron chi connectivity index (χ0n) is 12.5. The molecule has 0 atom stereocenters. The normalized spacial score (nSPS) is 11.8. The van der Waals surface area contributed by atoms with Crippen molar-refractivity contribution in [2.75, 3.05) is 0 Å². The number of nitrogens with zero attached hydrogens (tertiary/aromatic N) is 3. The highest BCUT2D eigenvalue weighted by atomic mass is 19.4. The largest absolute Gasteiger partial charge is 0.478 e. The molecule has 3 aromatic rings. The number of rotatable bonds is 3. The number of halogens is 3. The summed E-state index contributed by atoms with van der Waals surface area (Å²) in [5, 5.41) is 13.5. The van der Waals surface area contributed by atoms with Gasteiger partial charge in [0, 0.05) is 11.6 Å². The number of carboxylic acids is 1. The highest BCUT2D eigenvalue weighted by Gasteiger charge is 2.30. The summed E-state index contributed by atoms with van der Waals surface area (Å²) in [6, 6.07) is 7.42. The van der Waals surface area contributed by atoms with Crippen LogP contribution in [0.2, 0.25) is 0 Å². The second-order valence-corrected chi connectivity index (χ2v) is 5.38. The van der Waals surface area contributed by atoms with Gasteiger partial charge in [-0.1, -0.05) is 6.07 Å². The lowest BCUT2D eigenvalue weighted by Crippen LogP contribution is -2.18. The SMILES string of the molecule is Cc1ccc(-c2nn(CC(F)(F)F)c3cc(C(=O)O)ccc23)nc1. The number of carbonyl (C=O) groups is 1. The first kappa shape index (κ1) is 16.0. The quantitative estimate of drug-likeness (QED) is 0.793. The second kappa shape index (κ2) is 5.63. The number of hydrogen-bond donors (Lipinski definition) is 1. The summed E-state index contributed by atoms with van der Waals surface area (Å²) < 4.78 is 39.2. The molecule has 0 aliphatic rings. The summed E-state index contributed by atoms with van der Waals surface area (Å²) in [5.74, 6) is -1.22. The lowest BCUT2D eigenvalue weighted by molar-refractivity contribution is -0.141. The van der Waals surface area contributed by atoms with E-state index >= 15 is 0 Å². The van der Waals surface area contributed by atoms with Gasteiger partial charge in [-0.3, -0.25) is 9.67 Å². The fourth-order valence-electron chi connectivity index (χ4n) is 2.39. The van der Waals surface area contributed by atoms with E-state index < -0.39 is 18.7 Å². The molecule has 0 radical (unpaired) electrons. The first-order valence-electron chi connectivity index (χ1n) is 6.98. The minimum absolute atomic E-state index is 0.101. The Morgan fingerprint density at radius 1 is 1.25 bits per heavy atom. The fourth-order valence-corrected chi connectivity index (χ4v) is 2.39. The van der Waals surface area contributed by atoms with E-state index in [2.05, 4.69) is 10.1 Å². The minimum atomic E-state index is -4.48. The van der Waals surface area contributed by atoms with Gasteiger partial charge < -0.3 is 5.11 Å². The van der Waals surface area contributed by atoms with E-state index in [9.17, 15) is 18.0 Å². The molecule has 2 heterocycles. The molecule has 0 saturated heterocycles. The Labute approximate surface area is 134 Å². The van der Waals surface area contributed by atoms with Gasteiger partial charge in [0.25, 0.3) is 0 Å². The lowest BCUT2D eigenvalue weighted by atomic mass is 10.1. The van der Waals surface area contributed by atoms with Crippen LogP contribution in [0, 0.1) is 6.92 Å². The van der Waals surface area contributed by atoms with Crippen molar-refractivity contribution in [2.45, 2.75) is 19.6 Å². The summed E-state index contributed by atoms with van der Waals surface area (Å²) in [6.07, 6.45) is -2.88. The Hall–Kier alpha value is -2.90. The summed E-state index contributed by atoms with van der Waals surface area (Å²) >= 11 is 0. The predicted octanol–water partition coefficient (Wildman–Crippen LogP) is 3.67. The third-order valence-corrected chi connectivity index (χ3v) is 3.48. The van der Waals surface area contributed by atoms with Gasteiger partial charge in [-0.05, 0) is 36.8 Å². The molecule has 5 nitrogen and oxygen atoms in total. The van der Waals surface area contributed by atoms with Crippen LogP contribution in [0.5, 0.6) is 0 Å². The molecule has 8 heteroatoms. The van der Waals surface area contributed by atoms with Crippen molar-refractivity contribution in [2.24, 2.45) is 0 Å². The van der Waals surface area contributed by atoms with Crippen molar-refractivity contribution in [3.8, 4) is 11.4 Å². The number of aryl methyl sites for hydroxylation is 1. The molecule has 1 aromatic carbocycles. The number of benzene rings is 1. The summed E-state index contributed by atoms with van der Waals surface area (Å²) in [7, 11) is 0. The van der Waals surface area contributed by atoms with Crippen molar-refractivity contribution in [3.63, 3.8) is 0 Å². The van der Waals surface area contributed by atoms with Crippen LogP contribution in [0.15, 0.2) is 36.5 Å². The standard InChI is InChI=1S/C16H12F3N3O2/c1-9-2-5-12(20-7-9)14-11-4-3-10(15(23)24)6-13(11)22(21-14)8-16(17,18)19/h2-7H,8H2,1H3,(H,23,24). The second-order valence-electron chi connectivity index (χ2n) is 5.38. The topological polar surface area (TPSA) is 68.0 Å². The number of aromatic carboxylic acids is 1. The van der Waals surface area contributed by atoms with Crippen LogP contribution in [0.3, 0.4) is 0 Å². The van der Waals surface area contributed by atoms with E-state index in [1.165, 1.54) is 18.2 Å². The monoisotopic (exact) mass is 335 g/mol. The van der Waals surface area contributed by atoms with E-state index in [1.807, 2.05) is 6.92 Å². The summed E-state index contributed by atoms with van der Waals surface area (Å²) in [4.78, 5) is 15.3. The zero-order chi connectivity index (χ0) is 17.5. The Balaban J connectivity index is 2.23. The maximum Gasteiger partial charge on any atom is 0.408 e. The summed E-state index contributed by atoms with van der Waals surface area (Å²) in [5.41, 5.74) is 1.62. The van der Waals surface area contributed by atoms with Crippen LogP contribution in [0.1, 0.15) is 15.9 Å². The molecule has 0 amide bonds. The van der Waals surface area contributed by atoms with Gasteiger partial charge in [0.15, 0.2) is 0 Å². The third-order valence-electron chi connectivity index (χ3n) is 3.48. The predicted molar refractivity (Wildman–Crippen MR) is 80.7 cm³/mol. The van der Waals surface area contributed by atoms with Gasteiger partial charge in [0.1, 0.15) is 12.2 Å². The highest BCUT2D eigenvalue weighted by Crippen LogP contribution is 2.30. The number of pyridine rings is 1. The van der Waals surface area contributed by atoms with Crippen molar-refractivity contribution in [3.05, 3.63) is 47.7 Å². The highest BCUT2D eigenvalue weighted by molar-refractivity contribution is 5.98. The van der Waals surface area contributed by atoms with E-state index in [-0.39, 0.29) is 16.8 Å². The molecule has 0 spiro atoms. The van der Waals surface area contributed by atoms with Gasteiger partial charge in [0.05, 0.1) is 16.8 Å². The average Bonchev–Trinajstić information content (AvgIpc) is 2.84. The van der Waals surface area contributed by atoms with Crippen LogP contribution in [-0.4, -0.2) is 32.0 Å². The minimum Gasteiger partial charge on any atom is -0.478 e. The molecule has 0 fully saturated rings. The molecule has 0 unspecified atom stereocenters. The Morgan fingerprint density at radius 3 is 2.58 bits per heavy atom. The Morgan fingerprint density at radius 2 is 2.00 bits per heavy atom. The smallest absolute Gasteiger partial charge is 0.408 e. The molecule has 0 saturated carbocycles. The van der Waals surface area contributed by atoms with Gasteiger partial charge in [0.2, 0.25) is 0 Å². The molecule has 3 rings (SSSR count). The van der Waals surface area contributed by atoms with Crippen molar-refractivity contribution < 1.29 is 23.1 Å². The number of fused-ring (bicyclic) bond motifs is 1. The first-order chi connectivity index (χ1) is 11.2. The van der Waals surface area contributed by atoms with Crippen molar-refractivity contribution in [1.82, 2.24) is 14.8 Å². The van der Waals surface area contributed by atoms with Crippen LogP contribution in [0.25, 0.3) is 22.3 Å². The lowest BCUT2D eigenvalue weighted by Gasteiger charge is -2.07. The number of hydrogen-bond acceptors (Lipinski definition) is 3.